The van der Waals surface area contributed by atoms with Gasteiger partial charge in [0.25, 0.3) is 0 Å². The Morgan fingerprint density at radius 1 is 1.54 bits per heavy atom. The molecule has 2 aromatic rings. The Kier molecular flexibility index (Phi) is 2.33. The summed E-state index contributed by atoms with van der Waals surface area (Å²) in [5.41, 5.74) is 1.80. The van der Waals surface area contributed by atoms with E-state index in [2.05, 4.69) is 10.1 Å². The molecule has 2 aromatic heterocycles. The number of nitrogens with zero attached hydrogens (tertiary/aromatic N) is 3. The second-order valence-electron chi connectivity index (χ2n) is 2.63. The second kappa shape index (κ2) is 3.47. The topological polar surface area (TPSA) is 30.7 Å². The highest BCUT2D eigenvalue weighted by atomic mass is 35.5. The Morgan fingerprint density at radius 2 is 2.38 bits per heavy atom. The molecule has 2 rings (SSSR count). The van der Waals surface area contributed by atoms with Gasteiger partial charge >= 0.3 is 0 Å². The van der Waals surface area contributed by atoms with E-state index in [1.54, 1.807) is 16.0 Å². The largest absolute Gasteiger partial charge is 0.275 e. The molecular weight excluding hydrogens is 206 g/mol. The quantitative estimate of drug-likeness (QED) is 0.717. The van der Waals surface area contributed by atoms with Gasteiger partial charge in [0.15, 0.2) is 0 Å². The summed E-state index contributed by atoms with van der Waals surface area (Å²) in [5, 5.41) is 7.15. The molecule has 0 unspecified atom stereocenters. The van der Waals surface area contributed by atoms with Gasteiger partial charge in [-0.05, 0) is 6.07 Å². The van der Waals surface area contributed by atoms with Crippen molar-refractivity contribution in [3.05, 3.63) is 22.7 Å². The lowest BCUT2D eigenvalue weighted by atomic mass is 10.3. The monoisotopic (exact) mass is 213 g/mol. The summed E-state index contributed by atoms with van der Waals surface area (Å²) < 4.78 is 1.76. The Labute approximate surface area is 85.0 Å². The van der Waals surface area contributed by atoms with Crippen LogP contribution in [0.1, 0.15) is 5.01 Å². The van der Waals surface area contributed by atoms with E-state index >= 15 is 0 Å². The van der Waals surface area contributed by atoms with Crippen molar-refractivity contribution in [2.45, 2.75) is 5.88 Å². The number of hydrogen-bond donors (Lipinski definition) is 0. The van der Waals surface area contributed by atoms with Crippen LogP contribution in [-0.2, 0) is 12.9 Å². The fourth-order valence-electron chi connectivity index (χ4n) is 1.04. The first-order valence-electron chi connectivity index (χ1n) is 3.80. The highest BCUT2D eigenvalue weighted by Crippen LogP contribution is 2.20. The summed E-state index contributed by atoms with van der Waals surface area (Å²) in [6, 6.07) is 1.94. The van der Waals surface area contributed by atoms with Crippen molar-refractivity contribution < 1.29 is 0 Å². The van der Waals surface area contributed by atoms with Gasteiger partial charge in [-0.25, -0.2) is 4.98 Å². The van der Waals surface area contributed by atoms with Crippen LogP contribution in [0.3, 0.4) is 0 Å². The summed E-state index contributed by atoms with van der Waals surface area (Å²) in [4.78, 5) is 4.32. The Bertz CT molecular complexity index is 407. The standard InChI is InChI=1S/C8H8ClN3S/c1-12-3-2-6(11-12)7-5-13-8(4-9)10-7/h2-3,5H,4H2,1H3. The van der Waals surface area contributed by atoms with E-state index in [0.717, 1.165) is 16.4 Å². The van der Waals surface area contributed by atoms with Crippen molar-refractivity contribution in [2.75, 3.05) is 0 Å². The van der Waals surface area contributed by atoms with E-state index in [9.17, 15) is 0 Å². The van der Waals surface area contributed by atoms with Crippen LogP contribution in [0.4, 0.5) is 0 Å². The number of aromatic nitrogens is 3. The van der Waals surface area contributed by atoms with Crippen LogP contribution in [0.5, 0.6) is 0 Å². The molecule has 0 aliphatic heterocycles. The first-order chi connectivity index (χ1) is 6.29. The maximum Gasteiger partial charge on any atom is 0.112 e. The summed E-state index contributed by atoms with van der Waals surface area (Å²) in [5.74, 6) is 0.470. The summed E-state index contributed by atoms with van der Waals surface area (Å²) in [6.45, 7) is 0. The molecule has 13 heavy (non-hydrogen) atoms. The van der Waals surface area contributed by atoms with Gasteiger partial charge in [-0.3, -0.25) is 4.68 Å². The smallest absolute Gasteiger partial charge is 0.112 e. The third-order valence-corrected chi connectivity index (χ3v) is 2.90. The SMILES string of the molecule is Cn1ccc(-c2csc(CCl)n2)n1. The second-order valence-corrected chi connectivity index (χ2v) is 3.84. The van der Waals surface area contributed by atoms with E-state index in [0.29, 0.717) is 5.88 Å². The average molecular weight is 214 g/mol. The normalized spacial score (nSPS) is 10.6. The number of thiazole rings is 1. The molecule has 0 radical (unpaired) electrons. The van der Waals surface area contributed by atoms with Gasteiger partial charge in [-0.2, -0.15) is 5.10 Å². The Hall–Kier alpha value is -0.870. The van der Waals surface area contributed by atoms with Gasteiger partial charge in [0.2, 0.25) is 0 Å². The minimum Gasteiger partial charge on any atom is -0.275 e. The predicted molar refractivity (Wildman–Crippen MR) is 53.9 cm³/mol. The van der Waals surface area contributed by atoms with Crippen molar-refractivity contribution in [3.63, 3.8) is 0 Å². The first kappa shape index (κ1) is 8.72. The van der Waals surface area contributed by atoms with Crippen LogP contribution < -0.4 is 0 Å². The van der Waals surface area contributed by atoms with Crippen molar-refractivity contribution in [1.82, 2.24) is 14.8 Å². The van der Waals surface area contributed by atoms with Crippen LogP contribution in [0.25, 0.3) is 11.4 Å². The van der Waals surface area contributed by atoms with Gasteiger partial charge in [0, 0.05) is 18.6 Å². The van der Waals surface area contributed by atoms with Crippen molar-refractivity contribution in [1.29, 1.82) is 0 Å². The van der Waals surface area contributed by atoms with Crippen LogP contribution in [-0.4, -0.2) is 14.8 Å². The van der Waals surface area contributed by atoms with E-state index in [1.807, 2.05) is 24.7 Å². The number of hydrogen-bond acceptors (Lipinski definition) is 3. The van der Waals surface area contributed by atoms with Crippen LogP contribution in [0.2, 0.25) is 0 Å². The van der Waals surface area contributed by atoms with Crippen molar-refractivity contribution >= 4 is 22.9 Å². The molecule has 0 aliphatic rings. The third-order valence-electron chi connectivity index (χ3n) is 1.64. The molecule has 0 saturated carbocycles. The number of aryl methyl sites for hydroxylation is 1. The number of alkyl halides is 1. The molecule has 0 aromatic carbocycles. The molecule has 0 spiro atoms. The maximum absolute atomic E-state index is 5.66. The van der Waals surface area contributed by atoms with E-state index in [-0.39, 0.29) is 0 Å². The molecule has 0 saturated heterocycles. The Balaban J connectivity index is 2.35. The summed E-state index contributed by atoms with van der Waals surface area (Å²) in [7, 11) is 1.89. The van der Waals surface area contributed by atoms with Gasteiger partial charge in [-0.1, -0.05) is 0 Å². The molecule has 5 heteroatoms. The van der Waals surface area contributed by atoms with Crippen molar-refractivity contribution in [3.8, 4) is 11.4 Å². The van der Waals surface area contributed by atoms with Crippen LogP contribution in [0, 0.1) is 0 Å². The lowest BCUT2D eigenvalue weighted by molar-refractivity contribution is 0.770. The van der Waals surface area contributed by atoms with Crippen molar-refractivity contribution in [2.24, 2.45) is 7.05 Å². The zero-order chi connectivity index (χ0) is 9.26. The molecule has 3 nitrogen and oxygen atoms in total. The predicted octanol–water partition coefficient (Wildman–Crippen LogP) is 2.28. The third kappa shape index (κ3) is 1.73. The molecule has 0 aliphatic carbocycles. The maximum atomic E-state index is 5.66. The molecule has 0 atom stereocenters. The van der Waals surface area contributed by atoms with Gasteiger partial charge in [0.1, 0.15) is 16.4 Å². The fourth-order valence-corrected chi connectivity index (χ4v) is 1.93. The zero-order valence-electron chi connectivity index (χ0n) is 7.07. The van der Waals surface area contributed by atoms with E-state index in [1.165, 1.54) is 0 Å². The highest BCUT2D eigenvalue weighted by Gasteiger charge is 2.05. The molecule has 0 N–H and O–H groups in total. The van der Waals surface area contributed by atoms with E-state index in [4.69, 9.17) is 11.6 Å². The minimum absolute atomic E-state index is 0.470. The first-order valence-corrected chi connectivity index (χ1v) is 5.21. The van der Waals surface area contributed by atoms with Gasteiger partial charge < -0.3 is 0 Å². The minimum atomic E-state index is 0.470. The zero-order valence-corrected chi connectivity index (χ0v) is 8.64. The lowest BCUT2D eigenvalue weighted by Crippen LogP contribution is -1.88. The molecule has 68 valence electrons. The Morgan fingerprint density at radius 3 is 2.92 bits per heavy atom. The highest BCUT2D eigenvalue weighted by molar-refractivity contribution is 7.10. The summed E-state index contributed by atoms with van der Waals surface area (Å²) in [6.07, 6.45) is 1.90. The number of rotatable bonds is 2. The molecule has 0 bridgehead atoms. The summed E-state index contributed by atoms with van der Waals surface area (Å²) >= 11 is 7.22. The van der Waals surface area contributed by atoms with Crippen LogP contribution >= 0.6 is 22.9 Å². The molecule has 0 amide bonds. The average Bonchev–Trinajstić information content (AvgIpc) is 2.71. The van der Waals surface area contributed by atoms with Crippen LogP contribution in [0.15, 0.2) is 17.6 Å². The number of halogens is 1. The lowest BCUT2D eigenvalue weighted by Gasteiger charge is -1.87. The molecule has 0 fully saturated rings. The molecular formula is C8H8ClN3S. The van der Waals surface area contributed by atoms with Gasteiger partial charge in [-0.15, -0.1) is 22.9 Å². The van der Waals surface area contributed by atoms with E-state index < -0.39 is 0 Å². The van der Waals surface area contributed by atoms with Gasteiger partial charge in [0.05, 0.1) is 5.88 Å². The fraction of sp³-hybridized carbons (Fsp3) is 0.250. The molecule has 2 heterocycles.